The monoisotopic (exact) mass is 499 g/mol. The maximum atomic E-state index is 13.7. The van der Waals surface area contributed by atoms with Gasteiger partial charge in [-0.2, -0.15) is 0 Å². The molecule has 2 bridgehead atoms. The van der Waals surface area contributed by atoms with E-state index in [9.17, 15) is 9.59 Å². The van der Waals surface area contributed by atoms with Crippen molar-refractivity contribution in [2.24, 2.45) is 5.92 Å². The summed E-state index contributed by atoms with van der Waals surface area (Å²) in [6.07, 6.45) is 1.08. The van der Waals surface area contributed by atoms with Crippen LogP contribution in [0.25, 0.3) is 0 Å². The third kappa shape index (κ3) is 3.99. The smallest absolute Gasteiger partial charge is 0.250 e. The summed E-state index contributed by atoms with van der Waals surface area (Å²) in [4.78, 5) is 32.2. The van der Waals surface area contributed by atoms with Crippen LogP contribution in [-0.2, 0) is 11.3 Å². The number of para-hydroxylation sites is 1. The molecule has 0 aliphatic carbocycles. The van der Waals surface area contributed by atoms with E-state index in [-0.39, 0.29) is 29.8 Å². The third-order valence-corrected chi connectivity index (χ3v) is 8.02. The van der Waals surface area contributed by atoms with Gasteiger partial charge in [0, 0.05) is 52.1 Å². The van der Waals surface area contributed by atoms with Gasteiger partial charge in [-0.05, 0) is 48.7 Å². The highest BCUT2D eigenvalue weighted by Crippen LogP contribution is 2.49. The van der Waals surface area contributed by atoms with Gasteiger partial charge in [-0.3, -0.25) is 19.4 Å². The van der Waals surface area contributed by atoms with E-state index in [4.69, 9.17) is 11.6 Å². The third-order valence-electron chi connectivity index (χ3n) is 6.65. The number of nitrogens with zero attached hydrogens (tertiary/aromatic N) is 3. The van der Waals surface area contributed by atoms with Crippen LogP contribution in [0.4, 0.5) is 11.4 Å². The number of hydrogen-bond acceptors (Lipinski definition) is 4. The first-order valence-electron chi connectivity index (χ1n) is 10.9. The number of rotatable bonds is 2. The predicted octanol–water partition coefficient (Wildman–Crippen LogP) is 5.17. The molecule has 170 valence electrons. The summed E-state index contributed by atoms with van der Waals surface area (Å²) < 4.78 is 1.92. The Labute approximate surface area is 207 Å². The molecule has 3 aliphatic rings. The van der Waals surface area contributed by atoms with E-state index in [1.165, 1.54) is 0 Å². The molecule has 0 radical (unpaired) electrons. The Morgan fingerprint density at radius 3 is 2.67 bits per heavy atom. The van der Waals surface area contributed by atoms with Crippen molar-refractivity contribution < 1.29 is 4.79 Å². The molecule has 3 aromatic rings. The van der Waals surface area contributed by atoms with Crippen molar-refractivity contribution in [3.05, 3.63) is 81.7 Å². The number of piperidine rings is 1. The minimum Gasteiger partial charge on any atom is -0.312 e. The van der Waals surface area contributed by atoms with Crippen molar-refractivity contribution in [2.75, 3.05) is 24.5 Å². The number of likely N-dealkylation sites (tertiary alicyclic amines) is 1. The number of fused-ring (bicyclic) bond motifs is 6. The van der Waals surface area contributed by atoms with Gasteiger partial charge < -0.3 is 4.57 Å². The Bertz CT molecular complexity index is 1290. The lowest BCUT2D eigenvalue weighted by Crippen LogP contribution is -2.50. The number of anilines is 2. The fraction of sp³-hybridized carbons (Fsp3) is 0.280. The van der Waals surface area contributed by atoms with E-state index in [0.717, 1.165) is 52.9 Å². The molecule has 33 heavy (non-hydrogen) atoms. The number of halogens is 2. The van der Waals surface area contributed by atoms with Gasteiger partial charge in [-0.1, -0.05) is 41.6 Å². The van der Waals surface area contributed by atoms with E-state index < -0.39 is 0 Å². The normalized spacial score (nSPS) is 20.8. The van der Waals surface area contributed by atoms with Gasteiger partial charge in [-0.15, -0.1) is 12.4 Å². The van der Waals surface area contributed by atoms with Crippen LogP contribution in [-0.4, -0.2) is 35.0 Å². The summed E-state index contributed by atoms with van der Waals surface area (Å²) in [7, 11) is 0. The second-order valence-electron chi connectivity index (χ2n) is 8.80. The first-order chi connectivity index (χ1) is 15.6. The molecule has 6 rings (SSSR count). The molecule has 0 spiro atoms. The van der Waals surface area contributed by atoms with Crippen molar-refractivity contribution in [1.82, 2.24) is 9.47 Å². The van der Waals surface area contributed by atoms with Crippen molar-refractivity contribution in [1.29, 1.82) is 0 Å². The molecule has 3 aliphatic heterocycles. The van der Waals surface area contributed by atoms with E-state index in [1.54, 1.807) is 17.8 Å². The predicted molar refractivity (Wildman–Crippen MR) is 134 cm³/mol. The van der Waals surface area contributed by atoms with Gasteiger partial charge in [0.05, 0.1) is 17.9 Å². The summed E-state index contributed by atoms with van der Waals surface area (Å²) in [5.74, 6) is 0.724. The van der Waals surface area contributed by atoms with Gasteiger partial charge >= 0.3 is 0 Å². The van der Waals surface area contributed by atoms with Crippen LogP contribution in [0, 0.1) is 5.92 Å². The lowest BCUT2D eigenvalue weighted by Gasteiger charge is -2.43. The zero-order valence-electron chi connectivity index (χ0n) is 17.8. The van der Waals surface area contributed by atoms with Gasteiger partial charge in [-0.25, -0.2) is 0 Å². The van der Waals surface area contributed by atoms with Crippen LogP contribution in [0.5, 0.6) is 0 Å². The Balaban J connectivity index is 0.00000228. The van der Waals surface area contributed by atoms with Crippen LogP contribution in [0.15, 0.2) is 75.2 Å². The second-order valence-corrected chi connectivity index (χ2v) is 10.3. The van der Waals surface area contributed by atoms with Crippen LogP contribution in [0.1, 0.15) is 18.0 Å². The first-order valence-corrected chi connectivity index (χ1v) is 12.1. The second kappa shape index (κ2) is 8.84. The summed E-state index contributed by atoms with van der Waals surface area (Å²) in [5.41, 5.74) is 2.94. The fourth-order valence-electron chi connectivity index (χ4n) is 5.38. The fourth-order valence-corrected chi connectivity index (χ4v) is 6.59. The number of amides is 1. The Morgan fingerprint density at radius 2 is 1.79 bits per heavy atom. The zero-order chi connectivity index (χ0) is 21.8. The first kappa shape index (κ1) is 22.5. The van der Waals surface area contributed by atoms with Gasteiger partial charge in [0.1, 0.15) is 0 Å². The molecule has 1 aromatic heterocycles. The molecular formula is C25H23Cl2N3O2S. The average Bonchev–Trinajstić information content (AvgIpc) is 2.78. The Kier molecular flexibility index (Phi) is 6.04. The van der Waals surface area contributed by atoms with E-state index in [1.807, 2.05) is 51.9 Å². The molecule has 0 N–H and O–H groups in total. The molecule has 2 unspecified atom stereocenters. The van der Waals surface area contributed by atoms with Crippen LogP contribution in [0.2, 0.25) is 5.02 Å². The van der Waals surface area contributed by atoms with Crippen LogP contribution < -0.4 is 10.5 Å². The maximum absolute atomic E-state index is 13.7. The van der Waals surface area contributed by atoms with Crippen LogP contribution in [0.3, 0.4) is 0 Å². The van der Waals surface area contributed by atoms with E-state index >= 15 is 0 Å². The number of carbonyl (C=O) groups excluding carboxylic acids is 1. The van der Waals surface area contributed by atoms with Crippen molar-refractivity contribution in [2.45, 2.75) is 28.7 Å². The highest BCUT2D eigenvalue weighted by Gasteiger charge is 2.36. The summed E-state index contributed by atoms with van der Waals surface area (Å²) in [6, 6.07) is 19.3. The van der Waals surface area contributed by atoms with Gasteiger partial charge in [0.25, 0.3) is 5.56 Å². The van der Waals surface area contributed by atoms with Crippen molar-refractivity contribution in [3.63, 3.8) is 0 Å². The minimum absolute atomic E-state index is 0. The highest BCUT2D eigenvalue weighted by atomic mass is 35.5. The maximum Gasteiger partial charge on any atom is 0.250 e. The van der Waals surface area contributed by atoms with Gasteiger partial charge in [0.2, 0.25) is 5.91 Å². The molecule has 0 saturated carbocycles. The molecule has 1 saturated heterocycles. The van der Waals surface area contributed by atoms with E-state index in [0.29, 0.717) is 17.5 Å². The number of aromatic nitrogens is 1. The standard InChI is InChI=1S/C25H22ClN3O2S.ClH/c26-18-8-9-23-21(11-18)29(20-4-1-2-6-22(20)32-23)25(31)15-27-12-16-10-17(14-27)19-5-3-7-24(30)28(19)13-16;/h1-9,11,16-17H,10,12-15H2;1H. The molecule has 8 heteroatoms. The van der Waals surface area contributed by atoms with Gasteiger partial charge in [0.15, 0.2) is 0 Å². The summed E-state index contributed by atoms with van der Waals surface area (Å²) in [5, 5.41) is 0.621. The molecule has 2 aromatic carbocycles. The summed E-state index contributed by atoms with van der Waals surface area (Å²) >= 11 is 7.97. The topological polar surface area (TPSA) is 45.6 Å². The molecule has 4 heterocycles. The average molecular weight is 500 g/mol. The lowest BCUT2D eigenvalue weighted by molar-refractivity contribution is -0.119. The molecule has 1 amide bonds. The van der Waals surface area contributed by atoms with Crippen molar-refractivity contribution >= 4 is 53.1 Å². The Hall–Kier alpha value is -2.25. The number of pyridine rings is 1. The molecular weight excluding hydrogens is 477 g/mol. The SMILES string of the molecule is Cl.O=C(CN1CC2CC(C1)c1cccc(=O)n1C2)N1c2ccccc2Sc2ccc(Cl)cc21. The zero-order valence-corrected chi connectivity index (χ0v) is 20.2. The number of hydrogen-bond donors (Lipinski definition) is 0. The quantitative estimate of drug-likeness (QED) is 0.487. The molecule has 2 atom stereocenters. The van der Waals surface area contributed by atoms with Crippen LogP contribution >= 0.6 is 35.8 Å². The lowest BCUT2D eigenvalue weighted by atomic mass is 9.83. The highest BCUT2D eigenvalue weighted by molar-refractivity contribution is 7.99. The molecule has 5 nitrogen and oxygen atoms in total. The van der Waals surface area contributed by atoms with E-state index in [2.05, 4.69) is 17.0 Å². The van der Waals surface area contributed by atoms with Crippen molar-refractivity contribution in [3.8, 4) is 0 Å². The number of carbonyl (C=O) groups is 1. The summed E-state index contributed by atoms with van der Waals surface area (Å²) in [6.45, 7) is 2.70. The Morgan fingerprint density at radius 1 is 0.970 bits per heavy atom. The molecule has 1 fully saturated rings. The number of benzene rings is 2. The minimum atomic E-state index is 0. The largest absolute Gasteiger partial charge is 0.312 e.